The summed E-state index contributed by atoms with van der Waals surface area (Å²) in [6.45, 7) is 18.9. The first-order valence-corrected chi connectivity index (χ1v) is 15.1. The van der Waals surface area contributed by atoms with E-state index in [-0.39, 0.29) is 5.04 Å². The Labute approximate surface area is 201 Å². The number of nitrogens with zero attached hydrogens (tertiary/aromatic N) is 2. The van der Waals surface area contributed by atoms with Gasteiger partial charge in [-0.2, -0.15) is 0 Å². The molecule has 0 aliphatic carbocycles. The monoisotopic (exact) mass is 496 g/mol. The largest absolute Gasteiger partial charge is 0.413 e. The van der Waals surface area contributed by atoms with Crippen molar-refractivity contribution in [1.29, 1.82) is 0 Å². The highest BCUT2D eigenvalue weighted by Crippen LogP contribution is 2.39. The molecule has 4 nitrogen and oxygen atoms in total. The molecule has 0 aliphatic rings. The first-order chi connectivity index (χ1) is 14.9. The summed E-state index contributed by atoms with van der Waals surface area (Å²) in [4.78, 5) is 4.67. The summed E-state index contributed by atoms with van der Waals surface area (Å²) in [6, 6.07) is 7.55. The predicted molar refractivity (Wildman–Crippen MR) is 135 cm³/mol. The van der Waals surface area contributed by atoms with E-state index in [2.05, 4.69) is 38.8 Å². The molecular formula is C25H38F2N2O2SSi. The Hall–Kier alpha value is -1.48. The molecule has 0 amide bonds. The number of hydrogen-bond donors (Lipinski definition) is 0. The molecule has 0 aliphatic heterocycles. The maximum Gasteiger partial charge on any atom is 0.192 e. The van der Waals surface area contributed by atoms with Crippen LogP contribution in [0.4, 0.5) is 8.78 Å². The molecule has 0 bridgehead atoms. The third-order valence-electron chi connectivity index (χ3n) is 6.61. The highest BCUT2D eigenvalue weighted by molar-refractivity contribution is 7.84. The molecule has 0 unspecified atom stereocenters. The normalized spacial score (nSPS) is 16.0. The number of hydrogen-bond acceptors (Lipinski definition) is 3. The smallest absolute Gasteiger partial charge is 0.192 e. The zero-order valence-electron chi connectivity index (χ0n) is 21.5. The molecule has 1 aromatic carbocycles. The van der Waals surface area contributed by atoms with Crippen molar-refractivity contribution < 1.29 is 17.4 Å². The van der Waals surface area contributed by atoms with Crippen LogP contribution in [-0.4, -0.2) is 33.6 Å². The minimum Gasteiger partial charge on any atom is -0.413 e. The fraction of sp³-hybridized carbons (Fsp3) is 0.560. The highest BCUT2D eigenvalue weighted by Gasteiger charge is 2.42. The second-order valence-electron chi connectivity index (χ2n) is 11.2. The lowest BCUT2D eigenvalue weighted by molar-refractivity contribution is 0.274. The fourth-order valence-electron chi connectivity index (χ4n) is 3.14. The van der Waals surface area contributed by atoms with Crippen LogP contribution in [0.15, 0.2) is 36.5 Å². The van der Waals surface area contributed by atoms with Gasteiger partial charge in [0.1, 0.15) is 11.0 Å². The molecule has 1 aromatic heterocycles. The van der Waals surface area contributed by atoms with Crippen molar-refractivity contribution in [1.82, 2.24) is 9.29 Å². The minimum atomic E-state index is -1.91. The maximum absolute atomic E-state index is 14.2. The van der Waals surface area contributed by atoms with Gasteiger partial charge < -0.3 is 4.43 Å². The van der Waals surface area contributed by atoms with Gasteiger partial charge in [-0.1, -0.05) is 32.9 Å². The second-order valence-corrected chi connectivity index (χ2v) is 18.2. The van der Waals surface area contributed by atoms with E-state index in [4.69, 9.17) is 4.43 Å². The van der Waals surface area contributed by atoms with Gasteiger partial charge in [-0.25, -0.2) is 17.3 Å². The number of pyridine rings is 1. The quantitative estimate of drug-likeness (QED) is 0.409. The first-order valence-electron chi connectivity index (χ1n) is 11.1. The highest BCUT2D eigenvalue weighted by atomic mass is 32.2. The molecule has 0 spiro atoms. The van der Waals surface area contributed by atoms with Crippen LogP contribution in [0, 0.1) is 11.6 Å². The van der Waals surface area contributed by atoms with Crippen molar-refractivity contribution >= 4 is 19.3 Å². The van der Waals surface area contributed by atoms with Crippen LogP contribution in [0.5, 0.6) is 0 Å². The van der Waals surface area contributed by atoms with Crippen LogP contribution in [0.3, 0.4) is 0 Å². The molecular weight excluding hydrogens is 458 g/mol. The lowest BCUT2D eigenvalue weighted by Crippen LogP contribution is -2.48. The maximum atomic E-state index is 14.2. The molecule has 2 atom stereocenters. The van der Waals surface area contributed by atoms with Gasteiger partial charge >= 0.3 is 0 Å². The van der Waals surface area contributed by atoms with Crippen LogP contribution >= 0.6 is 0 Å². The van der Waals surface area contributed by atoms with Gasteiger partial charge in [0.25, 0.3) is 0 Å². The minimum absolute atomic E-state index is 0.103. The number of halogens is 2. The van der Waals surface area contributed by atoms with Crippen molar-refractivity contribution in [3.63, 3.8) is 0 Å². The lowest BCUT2D eigenvalue weighted by Gasteiger charge is -2.41. The Morgan fingerprint density at radius 1 is 1.00 bits per heavy atom. The zero-order valence-corrected chi connectivity index (χ0v) is 23.4. The number of rotatable bonds is 7. The Kier molecular flexibility index (Phi) is 8.11. The Morgan fingerprint density at radius 3 is 2.06 bits per heavy atom. The topological polar surface area (TPSA) is 42.4 Å². The van der Waals surface area contributed by atoms with E-state index in [0.29, 0.717) is 17.9 Å². The summed E-state index contributed by atoms with van der Waals surface area (Å²) in [5.41, 5.74) is 0.936. The Bertz CT molecular complexity index is 1000. The summed E-state index contributed by atoms with van der Waals surface area (Å²) < 4.78 is 48.6. The standard InChI is InChI=1S/C25H38F2N2O2SSi/c1-23(2,3)32(30)29(8)25(7,19-12-13-20(26)21(27)15-19)22-14-11-18(16-28-22)17-31-33(9,10)24(4,5)6/h11-16H,17H2,1-10H3/t25-,32+/m1/s1. The van der Waals surface area contributed by atoms with Crippen molar-refractivity contribution in [2.75, 3.05) is 7.05 Å². The predicted octanol–water partition coefficient (Wildman–Crippen LogP) is 6.54. The van der Waals surface area contributed by atoms with E-state index in [1.165, 1.54) is 6.07 Å². The molecule has 33 heavy (non-hydrogen) atoms. The van der Waals surface area contributed by atoms with Gasteiger partial charge in [0.2, 0.25) is 0 Å². The molecule has 1 heterocycles. The second kappa shape index (κ2) is 9.64. The molecule has 0 saturated carbocycles. The van der Waals surface area contributed by atoms with Gasteiger partial charge in [0.15, 0.2) is 20.0 Å². The summed E-state index contributed by atoms with van der Waals surface area (Å²) in [5.74, 6) is -1.88. The fourth-order valence-corrected chi connectivity index (χ4v) is 5.46. The van der Waals surface area contributed by atoms with Crippen LogP contribution in [0.1, 0.15) is 65.3 Å². The average molecular weight is 497 g/mol. The Balaban J connectivity index is 2.48. The average Bonchev–Trinajstić information content (AvgIpc) is 2.71. The van der Waals surface area contributed by atoms with E-state index < -0.39 is 41.2 Å². The summed E-state index contributed by atoms with van der Waals surface area (Å²) in [6.07, 6.45) is 1.74. The van der Waals surface area contributed by atoms with Gasteiger partial charge in [0, 0.05) is 13.2 Å². The van der Waals surface area contributed by atoms with Crippen molar-refractivity contribution in [2.45, 2.75) is 83.5 Å². The van der Waals surface area contributed by atoms with E-state index in [0.717, 1.165) is 17.7 Å². The van der Waals surface area contributed by atoms with E-state index in [9.17, 15) is 13.0 Å². The van der Waals surface area contributed by atoms with E-state index in [1.807, 2.05) is 39.8 Å². The molecule has 0 saturated heterocycles. The lowest BCUT2D eigenvalue weighted by atomic mass is 9.88. The van der Waals surface area contributed by atoms with Gasteiger partial charge in [0.05, 0.1) is 22.6 Å². The summed E-state index contributed by atoms with van der Waals surface area (Å²) in [7, 11) is -1.63. The SMILES string of the molecule is CN([S@@](=O)C(C)(C)C)[C@](C)(c1ccc(F)c(F)c1)c1ccc(CO[Si](C)(C)C(C)(C)C)cn1. The van der Waals surface area contributed by atoms with Crippen LogP contribution in [0.25, 0.3) is 0 Å². The van der Waals surface area contributed by atoms with Crippen LogP contribution in [0.2, 0.25) is 18.1 Å². The number of benzene rings is 1. The van der Waals surface area contributed by atoms with E-state index >= 15 is 0 Å². The van der Waals surface area contributed by atoms with Crippen LogP contribution in [-0.2, 0) is 27.6 Å². The number of aromatic nitrogens is 1. The molecule has 8 heteroatoms. The molecule has 0 N–H and O–H groups in total. The summed E-state index contributed by atoms with van der Waals surface area (Å²) in [5, 5.41) is 0.103. The molecule has 184 valence electrons. The van der Waals surface area contributed by atoms with Crippen LogP contribution < -0.4 is 0 Å². The van der Waals surface area contributed by atoms with Gasteiger partial charge in [-0.05, 0) is 75.2 Å². The molecule has 0 fully saturated rings. The van der Waals surface area contributed by atoms with Gasteiger partial charge in [-0.15, -0.1) is 0 Å². The summed E-state index contributed by atoms with van der Waals surface area (Å²) >= 11 is 0. The zero-order chi connectivity index (χ0) is 25.4. The third-order valence-corrected chi connectivity index (χ3v) is 13.0. The molecule has 0 radical (unpaired) electrons. The van der Waals surface area contributed by atoms with Crippen molar-refractivity contribution in [2.24, 2.45) is 0 Å². The first kappa shape index (κ1) is 27.8. The third kappa shape index (κ3) is 5.96. The van der Waals surface area contributed by atoms with Gasteiger partial charge in [-0.3, -0.25) is 4.98 Å². The molecule has 2 rings (SSSR count). The van der Waals surface area contributed by atoms with Crippen molar-refractivity contribution in [3.05, 3.63) is 65.0 Å². The molecule has 2 aromatic rings. The van der Waals surface area contributed by atoms with Crippen molar-refractivity contribution in [3.8, 4) is 0 Å². The Morgan fingerprint density at radius 2 is 1.61 bits per heavy atom. The van der Waals surface area contributed by atoms with E-state index in [1.54, 1.807) is 17.5 Å².